The Labute approximate surface area is 58.6 Å². The fourth-order valence-corrected chi connectivity index (χ4v) is 0.729. The van der Waals surface area contributed by atoms with E-state index in [0.29, 0.717) is 6.04 Å². The maximum atomic E-state index is 5.54. The lowest BCUT2D eigenvalue weighted by Crippen LogP contribution is -2.14. The maximum Gasteiger partial charge on any atom is 0.00132 e. The third kappa shape index (κ3) is 7.96. The predicted molar refractivity (Wildman–Crippen MR) is 42.1 cm³/mol. The standard InChI is InChI=1S/C8H18N/c1-3-4-5-6-7-8(2)9/h6,8H,3-5,7,9H2,1-2H3. The average molecular weight is 128 g/mol. The van der Waals surface area contributed by atoms with Crippen LogP contribution in [0.15, 0.2) is 0 Å². The van der Waals surface area contributed by atoms with Gasteiger partial charge in [-0.25, -0.2) is 0 Å². The van der Waals surface area contributed by atoms with E-state index in [1.807, 2.05) is 6.92 Å². The highest BCUT2D eigenvalue weighted by Crippen LogP contribution is 2.01. The molecule has 1 atom stereocenters. The minimum atomic E-state index is 0.349. The van der Waals surface area contributed by atoms with Gasteiger partial charge in [0.1, 0.15) is 0 Å². The van der Waals surface area contributed by atoms with Crippen LogP contribution in [0.4, 0.5) is 0 Å². The molecule has 1 heteroatoms. The summed E-state index contributed by atoms with van der Waals surface area (Å²) < 4.78 is 0. The highest BCUT2D eigenvalue weighted by molar-refractivity contribution is 4.69. The monoisotopic (exact) mass is 128 g/mol. The molecule has 1 radical (unpaired) electrons. The maximum absolute atomic E-state index is 5.54. The number of rotatable bonds is 5. The molecule has 2 N–H and O–H groups in total. The smallest absolute Gasteiger partial charge is 0.00132 e. The first-order valence-electron chi connectivity index (χ1n) is 3.84. The molecular weight excluding hydrogens is 110 g/mol. The molecular formula is C8H18N. The topological polar surface area (TPSA) is 26.0 Å². The summed E-state index contributed by atoms with van der Waals surface area (Å²) in [5.74, 6) is 0. The second kappa shape index (κ2) is 6.09. The van der Waals surface area contributed by atoms with Crippen LogP contribution in [0.3, 0.4) is 0 Å². The Morgan fingerprint density at radius 1 is 1.56 bits per heavy atom. The molecule has 0 amide bonds. The molecule has 0 saturated heterocycles. The minimum Gasteiger partial charge on any atom is -0.328 e. The van der Waals surface area contributed by atoms with Gasteiger partial charge in [0.2, 0.25) is 0 Å². The molecule has 0 aliphatic heterocycles. The Kier molecular flexibility index (Phi) is 6.06. The van der Waals surface area contributed by atoms with E-state index in [2.05, 4.69) is 13.3 Å². The quantitative estimate of drug-likeness (QED) is 0.564. The zero-order valence-corrected chi connectivity index (χ0v) is 6.56. The molecule has 0 aliphatic carbocycles. The van der Waals surface area contributed by atoms with Gasteiger partial charge in [0.25, 0.3) is 0 Å². The van der Waals surface area contributed by atoms with E-state index < -0.39 is 0 Å². The first kappa shape index (κ1) is 8.96. The van der Waals surface area contributed by atoms with E-state index >= 15 is 0 Å². The van der Waals surface area contributed by atoms with E-state index in [4.69, 9.17) is 5.73 Å². The lowest BCUT2D eigenvalue weighted by molar-refractivity contribution is 0.674. The highest BCUT2D eigenvalue weighted by atomic mass is 14.6. The van der Waals surface area contributed by atoms with Gasteiger partial charge in [-0.2, -0.15) is 0 Å². The van der Waals surface area contributed by atoms with Gasteiger partial charge in [0.05, 0.1) is 0 Å². The number of unbranched alkanes of at least 4 members (excludes halogenated alkanes) is 3. The lowest BCUT2D eigenvalue weighted by Gasteiger charge is -2.01. The van der Waals surface area contributed by atoms with E-state index in [0.717, 1.165) is 6.42 Å². The average Bonchev–Trinajstić information content (AvgIpc) is 1.80. The van der Waals surface area contributed by atoms with Crippen LogP contribution in [0.1, 0.15) is 39.5 Å². The van der Waals surface area contributed by atoms with E-state index in [1.165, 1.54) is 19.3 Å². The molecule has 0 aromatic rings. The zero-order chi connectivity index (χ0) is 7.11. The van der Waals surface area contributed by atoms with Crippen LogP contribution in [0.2, 0.25) is 0 Å². The second-order valence-corrected chi connectivity index (χ2v) is 2.64. The van der Waals surface area contributed by atoms with Crippen LogP contribution in [-0.2, 0) is 0 Å². The Hall–Kier alpha value is -0.0400. The van der Waals surface area contributed by atoms with Crippen molar-refractivity contribution in [3.8, 4) is 0 Å². The first-order chi connectivity index (χ1) is 4.27. The van der Waals surface area contributed by atoms with Gasteiger partial charge in [-0.3, -0.25) is 0 Å². The molecule has 0 spiro atoms. The van der Waals surface area contributed by atoms with Crippen LogP contribution in [0, 0.1) is 6.42 Å². The van der Waals surface area contributed by atoms with Gasteiger partial charge < -0.3 is 5.73 Å². The van der Waals surface area contributed by atoms with Gasteiger partial charge in [0.15, 0.2) is 0 Å². The van der Waals surface area contributed by atoms with Crippen LogP contribution >= 0.6 is 0 Å². The number of nitrogens with two attached hydrogens (primary N) is 1. The third-order valence-corrected chi connectivity index (χ3v) is 1.30. The minimum absolute atomic E-state index is 0.349. The number of hydrogen-bond acceptors (Lipinski definition) is 1. The fraction of sp³-hybridized carbons (Fsp3) is 0.875. The van der Waals surface area contributed by atoms with Crippen molar-refractivity contribution in [1.29, 1.82) is 0 Å². The van der Waals surface area contributed by atoms with E-state index in [1.54, 1.807) is 0 Å². The van der Waals surface area contributed by atoms with Crippen molar-refractivity contribution < 1.29 is 0 Å². The van der Waals surface area contributed by atoms with Crippen molar-refractivity contribution in [3.63, 3.8) is 0 Å². The summed E-state index contributed by atoms with van der Waals surface area (Å²) in [6, 6.07) is 0.349. The largest absolute Gasteiger partial charge is 0.328 e. The lowest BCUT2D eigenvalue weighted by atomic mass is 10.1. The second-order valence-electron chi connectivity index (χ2n) is 2.64. The van der Waals surface area contributed by atoms with E-state index in [-0.39, 0.29) is 0 Å². The molecule has 0 aromatic carbocycles. The van der Waals surface area contributed by atoms with Gasteiger partial charge in [0, 0.05) is 6.04 Å². The summed E-state index contributed by atoms with van der Waals surface area (Å²) in [5.41, 5.74) is 5.54. The van der Waals surface area contributed by atoms with Crippen LogP contribution in [-0.4, -0.2) is 6.04 Å². The third-order valence-electron chi connectivity index (χ3n) is 1.30. The summed E-state index contributed by atoms with van der Waals surface area (Å²) in [4.78, 5) is 0. The molecule has 55 valence electrons. The van der Waals surface area contributed by atoms with Gasteiger partial charge in [-0.1, -0.05) is 26.2 Å². The zero-order valence-electron chi connectivity index (χ0n) is 6.56. The SMILES string of the molecule is CCCC[CH]CC(C)N. The van der Waals surface area contributed by atoms with Gasteiger partial charge in [-0.15, -0.1) is 0 Å². The van der Waals surface area contributed by atoms with Crippen LogP contribution in [0.25, 0.3) is 0 Å². The molecule has 0 fully saturated rings. The first-order valence-corrected chi connectivity index (χ1v) is 3.84. The summed E-state index contributed by atoms with van der Waals surface area (Å²) in [6.45, 7) is 4.25. The summed E-state index contributed by atoms with van der Waals surface area (Å²) in [6.07, 6.45) is 7.19. The van der Waals surface area contributed by atoms with Gasteiger partial charge in [-0.05, 0) is 19.8 Å². The molecule has 1 nitrogen and oxygen atoms in total. The molecule has 1 unspecified atom stereocenters. The highest BCUT2D eigenvalue weighted by Gasteiger charge is 1.92. The Morgan fingerprint density at radius 3 is 2.67 bits per heavy atom. The van der Waals surface area contributed by atoms with Crippen molar-refractivity contribution in [3.05, 3.63) is 6.42 Å². The molecule has 0 saturated carbocycles. The summed E-state index contributed by atoms with van der Waals surface area (Å²) in [5, 5.41) is 0. The molecule has 0 aliphatic rings. The summed E-state index contributed by atoms with van der Waals surface area (Å²) >= 11 is 0. The summed E-state index contributed by atoms with van der Waals surface area (Å²) in [7, 11) is 0. The normalized spacial score (nSPS) is 13.7. The molecule has 0 heterocycles. The van der Waals surface area contributed by atoms with Crippen molar-refractivity contribution in [2.24, 2.45) is 5.73 Å². The van der Waals surface area contributed by atoms with Crippen molar-refractivity contribution in [2.45, 2.75) is 45.6 Å². The molecule has 0 rings (SSSR count). The van der Waals surface area contributed by atoms with Crippen LogP contribution in [0.5, 0.6) is 0 Å². The number of hydrogen-bond donors (Lipinski definition) is 1. The molecule has 0 bridgehead atoms. The molecule has 9 heavy (non-hydrogen) atoms. The Bertz CT molecular complexity index is 50.5. The Balaban J connectivity index is 2.75. The van der Waals surface area contributed by atoms with Crippen molar-refractivity contribution in [2.75, 3.05) is 0 Å². The Morgan fingerprint density at radius 2 is 2.22 bits per heavy atom. The molecule has 0 aromatic heterocycles. The predicted octanol–water partition coefficient (Wildman–Crippen LogP) is 2.12. The van der Waals surface area contributed by atoms with Crippen molar-refractivity contribution in [1.82, 2.24) is 0 Å². The van der Waals surface area contributed by atoms with Crippen molar-refractivity contribution >= 4 is 0 Å². The van der Waals surface area contributed by atoms with Gasteiger partial charge >= 0.3 is 0 Å². The fourth-order valence-electron chi connectivity index (χ4n) is 0.729. The van der Waals surface area contributed by atoms with E-state index in [9.17, 15) is 0 Å². The van der Waals surface area contributed by atoms with Crippen LogP contribution < -0.4 is 5.73 Å².